The molecule has 40 heavy (non-hydrogen) atoms. The lowest BCUT2D eigenvalue weighted by Gasteiger charge is -2.32. The lowest BCUT2D eigenvalue weighted by molar-refractivity contribution is -0.139. The molecule has 3 aromatic carbocycles. The zero-order chi connectivity index (χ0) is 29.4. The minimum absolute atomic E-state index is 0.0730. The molecule has 3 aromatic rings. The van der Waals surface area contributed by atoms with Gasteiger partial charge in [-0.3, -0.25) is 13.9 Å². The molecular formula is C30H36ClN3O4S2. The van der Waals surface area contributed by atoms with Crippen LogP contribution in [0.1, 0.15) is 38.3 Å². The lowest BCUT2D eigenvalue weighted by atomic mass is 10.1. The summed E-state index contributed by atoms with van der Waals surface area (Å²) >= 11 is 7.56. The molecule has 214 valence electrons. The first kappa shape index (κ1) is 31.5. The number of anilines is 1. The third kappa shape index (κ3) is 8.02. The molecule has 7 nitrogen and oxygen atoms in total. The van der Waals surface area contributed by atoms with Gasteiger partial charge in [-0.1, -0.05) is 48.4 Å². The number of carbonyl (C=O) groups excluding carboxylic acids is 2. The van der Waals surface area contributed by atoms with E-state index in [1.54, 1.807) is 79.7 Å². The largest absolute Gasteiger partial charge is 0.352 e. The van der Waals surface area contributed by atoms with Crippen LogP contribution in [-0.4, -0.2) is 50.0 Å². The van der Waals surface area contributed by atoms with Crippen LogP contribution in [0.25, 0.3) is 0 Å². The van der Waals surface area contributed by atoms with Crippen LogP contribution in [0.5, 0.6) is 0 Å². The van der Waals surface area contributed by atoms with E-state index < -0.39 is 28.5 Å². The molecule has 0 aliphatic carbocycles. The predicted molar refractivity (Wildman–Crippen MR) is 163 cm³/mol. The number of halogens is 1. The van der Waals surface area contributed by atoms with Gasteiger partial charge in [-0.25, -0.2) is 8.42 Å². The normalized spacial score (nSPS) is 12.8. The molecule has 0 bridgehead atoms. The van der Waals surface area contributed by atoms with Crippen LogP contribution < -0.4 is 9.62 Å². The summed E-state index contributed by atoms with van der Waals surface area (Å²) in [6.07, 6.45) is 2.65. The molecule has 0 aromatic heterocycles. The number of thioether (sulfide) groups is 1. The molecule has 0 saturated carbocycles. The number of benzene rings is 3. The number of amides is 2. The Hall–Kier alpha value is -3.01. The van der Waals surface area contributed by atoms with Gasteiger partial charge in [0.05, 0.1) is 10.6 Å². The Kier molecular flexibility index (Phi) is 11.1. The summed E-state index contributed by atoms with van der Waals surface area (Å²) < 4.78 is 28.9. The fourth-order valence-corrected chi connectivity index (χ4v) is 5.90. The Labute approximate surface area is 247 Å². The van der Waals surface area contributed by atoms with Crippen molar-refractivity contribution in [1.82, 2.24) is 10.2 Å². The number of hydrogen-bond donors (Lipinski definition) is 1. The summed E-state index contributed by atoms with van der Waals surface area (Å²) in [7, 11) is -4.11. The van der Waals surface area contributed by atoms with Crippen molar-refractivity contribution in [2.45, 2.75) is 62.5 Å². The zero-order valence-corrected chi connectivity index (χ0v) is 25.8. The van der Waals surface area contributed by atoms with Gasteiger partial charge in [0.15, 0.2) is 0 Å². The van der Waals surface area contributed by atoms with Crippen molar-refractivity contribution < 1.29 is 18.0 Å². The predicted octanol–water partition coefficient (Wildman–Crippen LogP) is 5.90. The second-order valence-corrected chi connectivity index (χ2v) is 12.8. The molecule has 0 unspecified atom stereocenters. The first-order valence-electron chi connectivity index (χ1n) is 13.0. The number of aryl methyl sites for hydroxylation is 1. The quantitative estimate of drug-likeness (QED) is 0.261. The summed E-state index contributed by atoms with van der Waals surface area (Å²) in [6.45, 7) is 7.03. The van der Waals surface area contributed by atoms with Gasteiger partial charge in [-0.2, -0.15) is 0 Å². The molecule has 1 N–H and O–H groups in total. The van der Waals surface area contributed by atoms with E-state index in [0.29, 0.717) is 10.7 Å². The van der Waals surface area contributed by atoms with E-state index in [9.17, 15) is 18.0 Å². The lowest BCUT2D eigenvalue weighted by Crippen LogP contribution is -2.52. The van der Waals surface area contributed by atoms with E-state index in [4.69, 9.17) is 11.6 Å². The third-order valence-corrected chi connectivity index (χ3v) is 9.47. The first-order chi connectivity index (χ1) is 19.0. The fraction of sp³-hybridized carbons (Fsp3) is 0.333. The van der Waals surface area contributed by atoms with E-state index >= 15 is 0 Å². The van der Waals surface area contributed by atoms with Crippen molar-refractivity contribution in [2.24, 2.45) is 0 Å². The van der Waals surface area contributed by atoms with E-state index in [-0.39, 0.29) is 23.4 Å². The highest BCUT2D eigenvalue weighted by molar-refractivity contribution is 7.98. The summed E-state index contributed by atoms with van der Waals surface area (Å²) in [5.41, 5.74) is 2.07. The van der Waals surface area contributed by atoms with E-state index in [1.165, 1.54) is 16.7 Å². The van der Waals surface area contributed by atoms with Crippen molar-refractivity contribution in [3.63, 3.8) is 0 Å². The summed E-state index contributed by atoms with van der Waals surface area (Å²) in [6, 6.07) is 19.6. The third-order valence-electron chi connectivity index (χ3n) is 6.68. The maximum Gasteiger partial charge on any atom is 0.264 e. The van der Waals surface area contributed by atoms with E-state index in [1.807, 2.05) is 27.0 Å². The van der Waals surface area contributed by atoms with Gasteiger partial charge < -0.3 is 10.2 Å². The summed E-state index contributed by atoms with van der Waals surface area (Å²) in [5, 5.41) is 3.48. The number of nitrogens with zero attached hydrogens (tertiary/aromatic N) is 2. The van der Waals surface area contributed by atoms with Crippen LogP contribution in [-0.2, 0) is 26.2 Å². The number of nitrogens with one attached hydrogen (secondary N) is 1. The topological polar surface area (TPSA) is 86.8 Å². The molecular weight excluding hydrogens is 566 g/mol. The molecule has 0 fully saturated rings. The minimum Gasteiger partial charge on any atom is -0.352 e. The Morgan fingerprint density at radius 1 is 0.950 bits per heavy atom. The molecule has 2 atom stereocenters. The molecule has 0 heterocycles. The van der Waals surface area contributed by atoms with Gasteiger partial charge in [-0.15, -0.1) is 11.8 Å². The average Bonchev–Trinajstić information content (AvgIpc) is 2.95. The molecule has 0 saturated heterocycles. The van der Waals surface area contributed by atoms with Crippen molar-refractivity contribution in [1.29, 1.82) is 0 Å². The number of carbonyl (C=O) groups is 2. The summed E-state index contributed by atoms with van der Waals surface area (Å²) in [4.78, 5) is 29.5. The zero-order valence-electron chi connectivity index (χ0n) is 23.4. The standard InChI is InChI=1S/C30H36ClN3O4S2/c1-6-22(3)32-30(36)23(4)33(19-24-9-11-25(31)12-10-24)29(35)20-34(26-13-7-21(2)8-14-26)40(37,38)28-17-15-27(39-5)16-18-28/h7-18,22-23H,6,19-20H2,1-5H3,(H,32,36)/t22-,23-/m0/s1. The molecule has 0 spiro atoms. The van der Waals surface area contributed by atoms with Crippen molar-refractivity contribution >= 4 is 50.9 Å². The first-order valence-corrected chi connectivity index (χ1v) is 16.1. The van der Waals surface area contributed by atoms with Gasteiger partial charge in [0, 0.05) is 22.5 Å². The maximum absolute atomic E-state index is 14.0. The number of hydrogen-bond acceptors (Lipinski definition) is 5. The molecule has 0 aliphatic rings. The van der Waals surface area contributed by atoms with Gasteiger partial charge in [0.1, 0.15) is 12.6 Å². The minimum atomic E-state index is -4.11. The highest BCUT2D eigenvalue weighted by Gasteiger charge is 2.32. The molecule has 2 amide bonds. The molecule has 3 rings (SSSR count). The SMILES string of the molecule is CC[C@H](C)NC(=O)[C@H](C)N(Cc1ccc(Cl)cc1)C(=O)CN(c1ccc(C)cc1)S(=O)(=O)c1ccc(SC)cc1. The van der Waals surface area contributed by atoms with Gasteiger partial charge in [-0.05, 0) is 87.5 Å². The number of sulfonamides is 1. The van der Waals surface area contributed by atoms with Crippen molar-refractivity contribution in [2.75, 3.05) is 17.1 Å². The number of rotatable bonds is 12. The van der Waals surface area contributed by atoms with E-state index in [2.05, 4.69) is 5.32 Å². The highest BCUT2D eigenvalue weighted by atomic mass is 35.5. The molecule has 10 heteroatoms. The van der Waals surface area contributed by atoms with E-state index in [0.717, 1.165) is 26.7 Å². The maximum atomic E-state index is 14.0. The Balaban J connectivity index is 2.01. The monoisotopic (exact) mass is 601 g/mol. The van der Waals surface area contributed by atoms with Crippen LogP contribution in [0.15, 0.2) is 82.6 Å². The molecule has 0 aliphatic heterocycles. The van der Waals surface area contributed by atoms with Crippen LogP contribution in [0, 0.1) is 6.92 Å². The Morgan fingerprint density at radius 2 is 1.55 bits per heavy atom. The van der Waals surface area contributed by atoms with Crippen LogP contribution >= 0.6 is 23.4 Å². The second kappa shape index (κ2) is 14.1. The highest BCUT2D eigenvalue weighted by Crippen LogP contribution is 2.26. The average molecular weight is 602 g/mol. The smallest absolute Gasteiger partial charge is 0.264 e. The van der Waals surface area contributed by atoms with Gasteiger partial charge in [0.25, 0.3) is 10.0 Å². The van der Waals surface area contributed by atoms with Gasteiger partial charge in [0.2, 0.25) is 11.8 Å². The van der Waals surface area contributed by atoms with Crippen molar-refractivity contribution in [3.05, 3.63) is 88.9 Å². The second-order valence-electron chi connectivity index (χ2n) is 9.66. The van der Waals surface area contributed by atoms with Crippen LogP contribution in [0.3, 0.4) is 0 Å². The van der Waals surface area contributed by atoms with Crippen molar-refractivity contribution in [3.8, 4) is 0 Å². The summed E-state index contributed by atoms with van der Waals surface area (Å²) in [5.74, 6) is -0.819. The van der Waals surface area contributed by atoms with Crippen LogP contribution in [0.4, 0.5) is 5.69 Å². The van der Waals surface area contributed by atoms with Crippen LogP contribution in [0.2, 0.25) is 5.02 Å². The van der Waals surface area contributed by atoms with Gasteiger partial charge >= 0.3 is 0 Å². The Bertz CT molecular complexity index is 1400. The Morgan fingerprint density at radius 3 is 2.10 bits per heavy atom. The fourth-order valence-electron chi connectivity index (χ4n) is 3.95. The molecule has 0 radical (unpaired) electrons.